The minimum Gasteiger partial charge on any atom is -0.338 e. The normalized spacial score (nSPS) is 19.4. The third kappa shape index (κ3) is 3.48. The molecule has 3 rings (SSSR count). The van der Waals surface area contributed by atoms with Gasteiger partial charge in [0.25, 0.3) is 0 Å². The smallest absolute Gasteiger partial charge is 0.240 e. The first kappa shape index (κ1) is 16.9. The highest BCUT2D eigenvalue weighted by atomic mass is 35.5. The van der Waals surface area contributed by atoms with Crippen LogP contribution in [0.15, 0.2) is 16.9 Å². The summed E-state index contributed by atoms with van der Waals surface area (Å²) in [7, 11) is 2.03. The highest BCUT2D eigenvalue weighted by Gasteiger charge is 2.28. The number of aryl methyl sites for hydroxylation is 1. The Hall–Kier alpha value is -1.44. The molecule has 0 aliphatic carbocycles. The molecule has 1 atom stereocenters. The zero-order valence-corrected chi connectivity index (χ0v) is 14.0. The molecule has 0 radical (unpaired) electrons. The van der Waals surface area contributed by atoms with Gasteiger partial charge >= 0.3 is 0 Å². The van der Waals surface area contributed by atoms with Gasteiger partial charge in [0, 0.05) is 45.0 Å². The standard InChI is InChI=1S/C14H22N6O.ClH/c1-10(2)13-17-12(21-18-13)9-20-7-4-15-8-11(20)14-16-5-6-19(14)3;/h5-6,10-11,15H,4,7-9H2,1-3H3;1H. The second-order valence-electron chi connectivity index (χ2n) is 5.79. The zero-order chi connectivity index (χ0) is 14.8. The molecule has 2 aromatic rings. The molecule has 122 valence electrons. The van der Waals surface area contributed by atoms with Crippen LogP contribution in [-0.4, -0.2) is 44.2 Å². The summed E-state index contributed by atoms with van der Waals surface area (Å²) in [5.41, 5.74) is 0. The van der Waals surface area contributed by atoms with Crippen LogP contribution in [0.5, 0.6) is 0 Å². The molecule has 0 bridgehead atoms. The molecule has 22 heavy (non-hydrogen) atoms. The molecule has 1 aliphatic rings. The predicted octanol–water partition coefficient (Wildman–Crippen LogP) is 1.49. The maximum atomic E-state index is 5.37. The van der Waals surface area contributed by atoms with Gasteiger partial charge in [-0.2, -0.15) is 4.98 Å². The van der Waals surface area contributed by atoms with Gasteiger partial charge in [-0.3, -0.25) is 4.90 Å². The SMILES string of the molecule is CC(C)c1noc(CN2CCNCC2c2nccn2C)n1.Cl. The topological polar surface area (TPSA) is 72.0 Å². The summed E-state index contributed by atoms with van der Waals surface area (Å²) in [6.45, 7) is 7.59. The maximum Gasteiger partial charge on any atom is 0.240 e. The highest BCUT2D eigenvalue weighted by molar-refractivity contribution is 5.85. The summed E-state index contributed by atoms with van der Waals surface area (Å²) in [4.78, 5) is 11.3. The lowest BCUT2D eigenvalue weighted by atomic mass is 10.1. The molecule has 0 aromatic carbocycles. The molecule has 0 spiro atoms. The molecule has 1 fully saturated rings. The van der Waals surface area contributed by atoms with Crippen molar-refractivity contribution in [2.45, 2.75) is 32.4 Å². The first-order valence-corrected chi connectivity index (χ1v) is 7.39. The van der Waals surface area contributed by atoms with E-state index in [9.17, 15) is 0 Å². The molecule has 8 heteroatoms. The number of imidazole rings is 1. The Kier molecular flexibility index (Phi) is 5.55. The molecule has 1 aliphatic heterocycles. The van der Waals surface area contributed by atoms with Crippen LogP contribution < -0.4 is 5.32 Å². The summed E-state index contributed by atoms with van der Waals surface area (Å²) in [6, 6.07) is 0.230. The Morgan fingerprint density at radius 1 is 1.45 bits per heavy atom. The lowest BCUT2D eigenvalue weighted by molar-refractivity contribution is 0.128. The fourth-order valence-electron chi connectivity index (χ4n) is 2.63. The first-order chi connectivity index (χ1) is 10.1. The van der Waals surface area contributed by atoms with Crippen molar-refractivity contribution >= 4 is 12.4 Å². The largest absolute Gasteiger partial charge is 0.338 e. The van der Waals surface area contributed by atoms with Gasteiger partial charge in [-0.1, -0.05) is 19.0 Å². The zero-order valence-electron chi connectivity index (χ0n) is 13.2. The number of halogens is 1. The average molecular weight is 327 g/mol. The fourth-order valence-corrected chi connectivity index (χ4v) is 2.63. The summed E-state index contributed by atoms with van der Waals surface area (Å²) in [5, 5.41) is 7.47. The van der Waals surface area contributed by atoms with E-state index in [1.807, 2.05) is 19.4 Å². The van der Waals surface area contributed by atoms with Crippen LogP contribution in [0.1, 0.15) is 43.3 Å². The van der Waals surface area contributed by atoms with Crippen molar-refractivity contribution in [2.24, 2.45) is 7.05 Å². The first-order valence-electron chi connectivity index (χ1n) is 7.39. The number of hydrogen-bond donors (Lipinski definition) is 1. The van der Waals surface area contributed by atoms with Gasteiger partial charge in [-0.05, 0) is 0 Å². The van der Waals surface area contributed by atoms with Gasteiger partial charge in [-0.25, -0.2) is 4.98 Å². The van der Waals surface area contributed by atoms with Crippen LogP contribution in [0.4, 0.5) is 0 Å². The van der Waals surface area contributed by atoms with Crippen LogP contribution in [0, 0.1) is 0 Å². The minimum absolute atomic E-state index is 0. The molecular formula is C14H23ClN6O. The Morgan fingerprint density at radius 3 is 2.91 bits per heavy atom. The molecule has 7 nitrogen and oxygen atoms in total. The Labute approximate surface area is 136 Å². The number of hydrogen-bond acceptors (Lipinski definition) is 6. The van der Waals surface area contributed by atoms with E-state index in [1.54, 1.807) is 0 Å². The van der Waals surface area contributed by atoms with E-state index in [4.69, 9.17) is 4.52 Å². The van der Waals surface area contributed by atoms with Gasteiger partial charge in [-0.15, -0.1) is 12.4 Å². The van der Waals surface area contributed by atoms with E-state index in [0.29, 0.717) is 12.4 Å². The van der Waals surface area contributed by atoms with Crippen LogP contribution >= 0.6 is 12.4 Å². The van der Waals surface area contributed by atoms with Gasteiger partial charge in [0.15, 0.2) is 5.82 Å². The number of nitrogens with one attached hydrogen (secondary N) is 1. The molecule has 3 heterocycles. The number of piperazine rings is 1. The lowest BCUT2D eigenvalue weighted by Crippen LogP contribution is -2.46. The molecule has 1 N–H and O–H groups in total. The van der Waals surface area contributed by atoms with Crippen molar-refractivity contribution in [1.82, 2.24) is 29.9 Å². The quantitative estimate of drug-likeness (QED) is 0.918. The van der Waals surface area contributed by atoms with Crippen LogP contribution in [0.3, 0.4) is 0 Å². The predicted molar refractivity (Wildman–Crippen MR) is 84.9 cm³/mol. The van der Waals surface area contributed by atoms with Gasteiger partial charge < -0.3 is 14.4 Å². The van der Waals surface area contributed by atoms with Crippen molar-refractivity contribution < 1.29 is 4.52 Å². The third-order valence-electron chi connectivity index (χ3n) is 3.85. The van der Waals surface area contributed by atoms with E-state index >= 15 is 0 Å². The lowest BCUT2D eigenvalue weighted by Gasteiger charge is -2.34. The molecule has 1 unspecified atom stereocenters. The van der Waals surface area contributed by atoms with E-state index in [-0.39, 0.29) is 24.4 Å². The van der Waals surface area contributed by atoms with Crippen molar-refractivity contribution in [3.8, 4) is 0 Å². The van der Waals surface area contributed by atoms with Crippen LogP contribution in [0.25, 0.3) is 0 Å². The Balaban J connectivity index is 0.00000176. The van der Waals surface area contributed by atoms with Gasteiger partial charge in [0.1, 0.15) is 5.82 Å². The Bertz CT molecular complexity index is 596. The molecule has 0 amide bonds. The van der Waals surface area contributed by atoms with Crippen molar-refractivity contribution in [2.75, 3.05) is 19.6 Å². The second kappa shape index (κ2) is 7.21. The summed E-state index contributed by atoms with van der Waals surface area (Å²) in [6.07, 6.45) is 3.82. The number of rotatable bonds is 4. The van der Waals surface area contributed by atoms with Gasteiger partial charge in [0.05, 0.1) is 12.6 Å². The molecular weight excluding hydrogens is 304 g/mol. The van der Waals surface area contributed by atoms with E-state index in [1.165, 1.54) is 0 Å². The average Bonchev–Trinajstić information content (AvgIpc) is 3.09. The van der Waals surface area contributed by atoms with Gasteiger partial charge in [0.2, 0.25) is 5.89 Å². The summed E-state index contributed by atoms with van der Waals surface area (Å²) in [5.74, 6) is 2.80. The minimum atomic E-state index is 0. The fraction of sp³-hybridized carbons (Fsp3) is 0.643. The molecule has 0 saturated carbocycles. The Morgan fingerprint density at radius 2 is 2.27 bits per heavy atom. The number of nitrogens with zero attached hydrogens (tertiary/aromatic N) is 5. The maximum absolute atomic E-state index is 5.37. The second-order valence-corrected chi connectivity index (χ2v) is 5.79. The van der Waals surface area contributed by atoms with E-state index in [0.717, 1.165) is 31.3 Å². The monoisotopic (exact) mass is 326 g/mol. The van der Waals surface area contributed by atoms with Crippen LogP contribution in [-0.2, 0) is 13.6 Å². The van der Waals surface area contributed by atoms with Crippen molar-refractivity contribution in [1.29, 1.82) is 0 Å². The van der Waals surface area contributed by atoms with E-state index < -0.39 is 0 Å². The highest BCUT2D eigenvalue weighted by Crippen LogP contribution is 2.22. The van der Waals surface area contributed by atoms with Crippen molar-refractivity contribution in [3.63, 3.8) is 0 Å². The summed E-state index contributed by atoms with van der Waals surface area (Å²) >= 11 is 0. The molecule has 1 saturated heterocycles. The van der Waals surface area contributed by atoms with Crippen molar-refractivity contribution in [3.05, 3.63) is 29.9 Å². The molecule has 2 aromatic heterocycles. The number of aromatic nitrogens is 4. The summed E-state index contributed by atoms with van der Waals surface area (Å²) < 4.78 is 7.44. The third-order valence-corrected chi connectivity index (χ3v) is 3.85. The van der Waals surface area contributed by atoms with E-state index in [2.05, 4.69) is 43.8 Å². The van der Waals surface area contributed by atoms with Crippen LogP contribution in [0.2, 0.25) is 0 Å².